The Balaban J connectivity index is 2.99. The Morgan fingerprint density at radius 3 is 1.86 bits per heavy atom. The molecule has 0 fully saturated rings. The third-order valence-electron chi connectivity index (χ3n) is 3.87. The van der Waals surface area contributed by atoms with Crippen LogP contribution in [0.25, 0.3) is 0 Å². The molecule has 0 aliphatic carbocycles. The molecule has 0 aliphatic rings. The van der Waals surface area contributed by atoms with Crippen molar-refractivity contribution in [1.82, 2.24) is 5.32 Å². The fraction of sp³-hybridized carbons (Fsp3) is 0.842. The minimum absolute atomic E-state index is 0.0639. The lowest BCUT2D eigenvalue weighted by Crippen LogP contribution is -2.23. The lowest BCUT2D eigenvalue weighted by Gasteiger charge is -2.04. The quantitative estimate of drug-likeness (QED) is 0.273. The van der Waals surface area contributed by atoms with Gasteiger partial charge in [-0.1, -0.05) is 84.1 Å². The van der Waals surface area contributed by atoms with E-state index in [4.69, 9.17) is 0 Å². The van der Waals surface area contributed by atoms with Crippen molar-refractivity contribution in [2.45, 2.75) is 84.0 Å². The van der Waals surface area contributed by atoms with Crippen molar-refractivity contribution in [2.24, 2.45) is 0 Å². The first-order valence-electron chi connectivity index (χ1n) is 9.29. The van der Waals surface area contributed by atoms with Crippen LogP contribution in [-0.2, 0) is 4.79 Å². The van der Waals surface area contributed by atoms with Gasteiger partial charge in [0, 0.05) is 12.3 Å². The van der Waals surface area contributed by atoms with Gasteiger partial charge in [0.05, 0.1) is 0 Å². The maximum atomic E-state index is 10.9. The van der Waals surface area contributed by atoms with Gasteiger partial charge in [0.1, 0.15) is 0 Å². The van der Waals surface area contributed by atoms with E-state index in [0.29, 0.717) is 0 Å². The van der Waals surface area contributed by atoms with Crippen molar-refractivity contribution < 1.29 is 4.79 Å². The highest BCUT2D eigenvalue weighted by atomic mass is 32.2. The van der Waals surface area contributed by atoms with Gasteiger partial charge in [-0.3, -0.25) is 4.79 Å². The number of amides is 1. The molecular weight excluding hydrogens is 290 g/mol. The van der Waals surface area contributed by atoms with Gasteiger partial charge in [0.2, 0.25) is 5.91 Å². The second-order valence-electron chi connectivity index (χ2n) is 6.00. The van der Waals surface area contributed by atoms with E-state index in [2.05, 4.69) is 18.8 Å². The summed E-state index contributed by atoms with van der Waals surface area (Å²) in [5, 5.41) is 2.80. The number of nitrogens with one attached hydrogen (secondary N) is 1. The van der Waals surface area contributed by atoms with Crippen LogP contribution in [0.4, 0.5) is 0 Å². The molecule has 0 atom stereocenters. The Morgan fingerprint density at radius 1 is 0.864 bits per heavy atom. The van der Waals surface area contributed by atoms with Crippen LogP contribution >= 0.6 is 11.8 Å². The molecule has 2 nitrogen and oxygen atoms in total. The summed E-state index contributed by atoms with van der Waals surface area (Å²) in [5.74, 6) is 2.17. The second-order valence-corrected chi connectivity index (χ2v) is 7.22. The van der Waals surface area contributed by atoms with Gasteiger partial charge in [-0.05, 0) is 18.2 Å². The number of carbonyl (C=O) groups is 1. The summed E-state index contributed by atoms with van der Waals surface area (Å²) in [6, 6.07) is 0. The van der Waals surface area contributed by atoms with Crippen molar-refractivity contribution in [3.63, 3.8) is 0 Å². The van der Waals surface area contributed by atoms with Gasteiger partial charge >= 0.3 is 0 Å². The molecule has 0 bridgehead atoms. The highest BCUT2D eigenvalue weighted by Gasteiger charge is 1.95. The Hall–Kier alpha value is -0.440. The number of hydrogen-bond acceptors (Lipinski definition) is 2. The van der Waals surface area contributed by atoms with E-state index in [1.165, 1.54) is 88.9 Å². The van der Waals surface area contributed by atoms with E-state index >= 15 is 0 Å². The third kappa shape index (κ3) is 17.6. The molecule has 0 aromatic carbocycles. The summed E-state index contributed by atoms with van der Waals surface area (Å²) in [6.07, 6.45) is 18.2. The molecule has 1 N–H and O–H groups in total. The molecule has 0 heterocycles. The summed E-state index contributed by atoms with van der Waals surface area (Å²) in [4.78, 5) is 10.9. The van der Waals surface area contributed by atoms with Crippen LogP contribution in [0, 0.1) is 0 Å². The Morgan fingerprint density at radius 2 is 1.36 bits per heavy atom. The second kappa shape index (κ2) is 18.6. The highest BCUT2D eigenvalue weighted by Crippen LogP contribution is 2.13. The molecule has 0 saturated heterocycles. The predicted octanol–water partition coefficient (Wildman–Crippen LogP) is 5.72. The number of hydrogen-bond donors (Lipinski definition) is 1. The summed E-state index contributed by atoms with van der Waals surface area (Å²) in [7, 11) is 0. The zero-order valence-corrected chi connectivity index (χ0v) is 15.5. The molecule has 3 heteroatoms. The molecule has 0 aromatic heterocycles. The van der Waals surface area contributed by atoms with Crippen molar-refractivity contribution >= 4 is 17.7 Å². The zero-order valence-electron chi connectivity index (χ0n) is 14.7. The van der Waals surface area contributed by atoms with Crippen LogP contribution in [-0.4, -0.2) is 24.0 Å². The van der Waals surface area contributed by atoms with Gasteiger partial charge in [-0.25, -0.2) is 0 Å². The molecular formula is C19H37NOS. The lowest BCUT2D eigenvalue weighted by atomic mass is 10.1. The van der Waals surface area contributed by atoms with Crippen LogP contribution in [0.15, 0.2) is 12.7 Å². The summed E-state index contributed by atoms with van der Waals surface area (Å²) in [5.41, 5.74) is 0. The monoisotopic (exact) mass is 327 g/mol. The number of carbonyl (C=O) groups excluding carboxylic acids is 1. The van der Waals surface area contributed by atoms with Gasteiger partial charge in [0.15, 0.2) is 0 Å². The van der Waals surface area contributed by atoms with Crippen LogP contribution in [0.5, 0.6) is 0 Å². The first-order valence-corrected chi connectivity index (χ1v) is 10.4. The summed E-state index contributed by atoms with van der Waals surface area (Å²) < 4.78 is 0. The summed E-state index contributed by atoms with van der Waals surface area (Å²) >= 11 is 1.94. The minimum Gasteiger partial charge on any atom is -0.352 e. The molecule has 0 aromatic rings. The van der Waals surface area contributed by atoms with E-state index in [-0.39, 0.29) is 5.91 Å². The maximum Gasteiger partial charge on any atom is 0.243 e. The Labute approximate surface area is 142 Å². The number of unbranched alkanes of at least 4 members (excludes halogenated alkanes) is 11. The standard InChI is InChI=1S/C19H37NOS/c1-3-5-6-7-8-9-10-11-12-13-14-15-17-22-18-16-20-19(21)4-2/h4H,2-3,5-18H2,1H3,(H,20,21). The number of rotatable bonds is 17. The van der Waals surface area contributed by atoms with E-state index in [1.54, 1.807) is 0 Å². The first-order chi connectivity index (χ1) is 10.8. The zero-order chi connectivity index (χ0) is 16.3. The average molecular weight is 328 g/mol. The van der Waals surface area contributed by atoms with E-state index < -0.39 is 0 Å². The van der Waals surface area contributed by atoms with Crippen molar-refractivity contribution in [3.05, 3.63) is 12.7 Å². The van der Waals surface area contributed by atoms with E-state index in [1.807, 2.05) is 11.8 Å². The van der Waals surface area contributed by atoms with Crippen molar-refractivity contribution in [1.29, 1.82) is 0 Å². The Kier molecular flexibility index (Phi) is 18.2. The van der Waals surface area contributed by atoms with Crippen LogP contribution in [0.1, 0.15) is 84.0 Å². The van der Waals surface area contributed by atoms with E-state index in [9.17, 15) is 4.79 Å². The molecule has 0 radical (unpaired) electrons. The average Bonchev–Trinajstić information content (AvgIpc) is 2.54. The van der Waals surface area contributed by atoms with Gasteiger partial charge in [-0.15, -0.1) is 0 Å². The van der Waals surface area contributed by atoms with Gasteiger partial charge < -0.3 is 5.32 Å². The molecule has 1 amide bonds. The van der Waals surface area contributed by atoms with Crippen LogP contribution in [0.3, 0.4) is 0 Å². The van der Waals surface area contributed by atoms with Crippen LogP contribution < -0.4 is 5.32 Å². The molecule has 0 unspecified atom stereocenters. The van der Waals surface area contributed by atoms with Gasteiger partial charge in [-0.2, -0.15) is 11.8 Å². The predicted molar refractivity (Wildman–Crippen MR) is 102 cm³/mol. The third-order valence-corrected chi connectivity index (χ3v) is 4.94. The molecule has 130 valence electrons. The molecule has 22 heavy (non-hydrogen) atoms. The fourth-order valence-electron chi connectivity index (χ4n) is 2.47. The van der Waals surface area contributed by atoms with Gasteiger partial charge in [0.25, 0.3) is 0 Å². The fourth-order valence-corrected chi connectivity index (χ4v) is 3.32. The normalized spacial score (nSPS) is 10.6. The summed E-state index contributed by atoms with van der Waals surface area (Å²) in [6.45, 7) is 6.47. The van der Waals surface area contributed by atoms with E-state index in [0.717, 1.165) is 12.3 Å². The topological polar surface area (TPSA) is 29.1 Å². The largest absolute Gasteiger partial charge is 0.352 e. The number of thioether (sulfide) groups is 1. The molecule has 0 aliphatic heterocycles. The SMILES string of the molecule is C=CC(=O)NCCSCCCCCCCCCCCCCC. The lowest BCUT2D eigenvalue weighted by molar-refractivity contribution is -0.116. The molecule has 0 saturated carbocycles. The molecule has 0 rings (SSSR count). The van der Waals surface area contributed by atoms with Crippen molar-refractivity contribution in [2.75, 3.05) is 18.1 Å². The highest BCUT2D eigenvalue weighted by molar-refractivity contribution is 7.99. The van der Waals surface area contributed by atoms with Crippen LogP contribution in [0.2, 0.25) is 0 Å². The minimum atomic E-state index is -0.0639. The first kappa shape index (κ1) is 21.6. The smallest absolute Gasteiger partial charge is 0.243 e. The molecule has 0 spiro atoms. The van der Waals surface area contributed by atoms with Crippen molar-refractivity contribution in [3.8, 4) is 0 Å². The Bertz CT molecular complexity index is 256. The maximum absolute atomic E-state index is 10.9.